The molecule has 94 valence electrons. The van der Waals surface area contributed by atoms with E-state index in [2.05, 4.69) is 56.9 Å². The zero-order valence-electron chi connectivity index (χ0n) is 11.7. The minimum absolute atomic E-state index is 0.812. The van der Waals surface area contributed by atoms with Crippen LogP contribution in [0.5, 0.6) is 0 Å². The van der Waals surface area contributed by atoms with Crippen LogP contribution in [-0.4, -0.2) is 0 Å². The van der Waals surface area contributed by atoms with E-state index in [1.54, 1.807) is 0 Å². The van der Waals surface area contributed by atoms with Gasteiger partial charge in [-0.1, -0.05) is 54.1 Å². The Hall–Kier alpha value is -1.56. The van der Waals surface area contributed by atoms with E-state index in [-0.39, 0.29) is 0 Å². The van der Waals surface area contributed by atoms with Crippen LogP contribution in [-0.2, 0) is 0 Å². The second-order valence-corrected chi connectivity index (χ2v) is 5.33. The number of hydrogen-bond donors (Lipinski definition) is 0. The molecular formula is C18H22. The molecule has 0 aromatic heterocycles. The molecule has 0 saturated heterocycles. The van der Waals surface area contributed by atoms with Gasteiger partial charge in [-0.3, -0.25) is 0 Å². The van der Waals surface area contributed by atoms with Crippen LogP contribution in [0, 0.1) is 6.92 Å². The number of hydrogen-bond acceptors (Lipinski definition) is 0. The maximum Gasteiger partial charge on any atom is -0.0161 e. The highest BCUT2D eigenvalue weighted by Crippen LogP contribution is 2.41. The van der Waals surface area contributed by atoms with E-state index in [0.717, 1.165) is 11.5 Å². The summed E-state index contributed by atoms with van der Waals surface area (Å²) in [5, 5.41) is 0. The van der Waals surface area contributed by atoms with E-state index < -0.39 is 0 Å². The fraction of sp³-hybridized carbons (Fsp3) is 0.333. The van der Waals surface area contributed by atoms with E-state index in [9.17, 15) is 0 Å². The topological polar surface area (TPSA) is 0 Å². The predicted octanol–water partition coefficient (Wildman–Crippen LogP) is 5.41. The molecule has 1 fully saturated rings. The lowest BCUT2D eigenvalue weighted by Crippen LogP contribution is -1.88. The van der Waals surface area contributed by atoms with Crippen molar-refractivity contribution >= 4 is 5.57 Å². The van der Waals surface area contributed by atoms with Crippen molar-refractivity contribution in [2.75, 3.05) is 0 Å². The highest BCUT2D eigenvalue weighted by Gasteiger charge is 2.23. The summed E-state index contributed by atoms with van der Waals surface area (Å²) in [6, 6.07) is 6.95. The monoisotopic (exact) mass is 238 g/mol. The lowest BCUT2D eigenvalue weighted by molar-refractivity contribution is 1.12. The summed E-state index contributed by atoms with van der Waals surface area (Å²) in [5.74, 6) is 0.812. The van der Waals surface area contributed by atoms with Crippen molar-refractivity contribution in [2.45, 2.75) is 39.5 Å². The molecule has 0 bridgehead atoms. The van der Waals surface area contributed by atoms with Crippen molar-refractivity contribution in [1.82, 2.24) is 0 Å². The summed E-state index contributed by atoms with van der Waals surface area (Å²) < 4.78 is 0. The first-order valence-corrected chi connectivity index (χ1v) is 6.72. The fourth-order valence-corrected chi connectivity index (χ4v) is 2.22. The highest BCUT2D eigenvalue weighted by atomic mass is 14.3. The fourth-order valence-electron chi connectivity index (χ4n) is 2.22. The average Bonchev–Trinajstić information content (AvgIpc) is 3.12. The molecule has 1 aromatic carbocycles. The molecule has 0 atom stereocenters. The Kier molecular flexibility index (Phi) is 3.86. The molecule has 0 spiro atoms. The molecule has 0 radical (unpaired) electrons. The lowest BCUT2D eigenvalue weighted by atomic mass is 9.97. The van der Waals surface area contributed by atoms with Gasteiger partial charge >= 0.3 is 0 Å². The van der Waals surface area contributed by atoms with Crippen molar-refractivity contribution < 1.29 is 0 Å². The van der Waals surface area contributed by atoms with Crippen molar-refractivity contribution in [2.24, 2.45) is 0 Å². The largest absolute Gasteiger partial charge is 0.0961 e. The van der Waals surface area contributed by atoms with Crippen LogP contribution in [0.4, 0.5) is 0 Å². The quantitative estimate of drug-likeness (QED) is 0.615. The van der Waals surface area contributed by atoms with E-state index in [1.165, 1.54) is 35.1 Å². The van der Waals surface area contributed by atoms with Gasteiger partial charge in [0.25, 0.3) is 0 Å². The Morgan fingerprint density at radius 1 is 1.22 bits per heavy atom. The summed E-state index contributed by atoms with van der Waals surface area (Å²) in [7, 11) is 0. The van der Waals surface area contributed by atoms with Crippen molar-refractivity contribution in [3.05, 3.63) is 65.3 Å². The number of allylic oxidation sites excluding steroid dienone is 5. The Balaban J connectivity index is 2.33. The van der Waals surface area contributed by atoms with Gasteiger partial charge in [0, 0.05) is 0 Å². The Morgan fingerprint density at radius 2 is 1.94 bits per heavy atom. The number of rotatable bonds is 4. The molecule has 1 aliphatic carbocycles. The van der Waals surface area contributed by atoms with Crippen LogP contribution in [0.15, 0.2) is 48.6 Å². The van der Waals surface area contributed by atoms with Crippen molar-refractivity contribution in [3.63, 3.8) is 0 Å². The first-order chi connectivity index (χ1) is 8.60. The maximum atomic E-state index is 3.91. The van der Waals surface area contributed by atoms with E-state index in [1.807, 2.05) is 6.92 Å². The Labute approximate surface area is 111 Å². The Bertz CT molecular complexity index is 511. The molecule has 1 saturated carbocycles. The molecule has 0 heteroatoms. The van der Waals surface area contributed by atoms with Gasteiger partial charge in [-0.15, -0.1) is 0 Å². The van der Waals surface area contributed by atoms with Crippen LogP contribution in [0.1, 0.15) is 49.3 Å². The predicted molar refractivity (Wildman–Crippen MR) is 80.8 cm³/mol. The normalized spacial score (nSPS) is 16.3. The second-order valence-electron chi connectivity index (χ2n) is 5.33. The van der Waals surface area contributed by atoms with Gasteiger partial charge in [-0.05, 0) is 56.2 Å². The van der Waals surface area contributed by atoms with Crippen LogP contribution in [0.2, 0.25) is 0 Å². The molecular weight excluding hydrogens is 216 g/mol. The molecule has 0 heterocycles. The summed E-state index contributed by atoms with van der Waals surface area (Å²) in [5.41, 5.74) is 6.57. The Morgan fingerprint density at radius 3 is 2.50 bits per heavy atom. The van der Waals surface area contributed by atoms with Crippen LogP contribution >= 0.6 is 0 Å². The molecule has 0 N–H and O–H groups in total. The molecule has 0 amide bonds. The minimum Gasteiger partial charge on any atom is -0.0961 e. The molecule has 1 aromatic rings. The van der Waals surface area contributed by atoms with Gasteiger partial charge in [0.05, 0.1) is 0 Å². The van der Waals surface area contributed by atoms with Crippen LogP contribution in [0.25, 0.3) is 5.57 Å². The maximum absolute atomic E-state index is 3.91. The second kappa shape index (κ2) is 5.39. The van der Waals surface area contributed by atoms with Crippen molar-refractivity contribution in [1.29, 1.82) is 0 Å². The first-order valence-electron chi connectivity index (χ1n) is 6.72. The molecule has 1 aliphatic rings. The zero-order valence-corrected chi connectivity index (χ0v) is 11.7. The third-order valence-corrected chi connectivity index (χ3v) is 3.34. The van der Waals surface area contributed by atoms with E-state index in [0.29, 0.717) is 0 Å². The summed E-state index contributed by atoms with van der Waals surface area (Å²) in [4.78, 5) is 0. The highest BCUT2D eigenvalue weighted by molar-refractivity contribution is 5.75. The first kappa shape index (κ1) is 12.9. The van der Waals surface area contributed by atoms with Crippen LogP contribution < -0.4 is 0 Å². The number of aryl methyl sites for hydroxylation is 1. The zero-order chi connectivity index (χ0) is 13.1. The van der Waals surface area contributed by atoms with Gasteiger partial charge in [0.2, 0.25) is 0 Å². The van der Waals surface area contributed by atoms with Gasteiger partial charge in [-0.2, -0.15) is 0 Å². The van der Waals surface area contributed by atoms with Gasteiger partial charge < -0.3 is 0 Å². The third-order valence-electron chi connectivity index (χ3n) is 3.34. The smallest absolute Gasteiger partial charge is 0.0161 e. The summed E-state index contributed by atoms with van der Waals surface area (Å²) in [6.07, 6.45) is 9.12. The molecule has 0 nitrogen and oxygen atoms in total. The molecule has 18 heavy (non-hydrogen) atoms. The van der Waals surface area contributed by atoms with Gasteiger partial charge in [0.1, 0.15) is 0 Å². The van der Waals surface area contributed by atoms with Gasteiger partial charge in [0.15, 0.2) is 0 Å². The average molecular weight is 238 g/mol. The SMILES string of the molecule is C=C(C)/C=C\C(=C/C)c1cc(C)cc(C2CC2)c1. The molecule has 0 aliphatic heterocycles. The summed E-state index contributed by atoms with van der Waals surface area (Å²) in [6.45, 7) is 10.2. The van der Waals surface area contributed by atoms with Crippen molar-refractivity contribution in [3.8, 4) is 0 Å². The number of benzene rings is 1. The lowest BCUT2D eigenvalue weighted by Gasteiger charge is -2.08. The summed E-state index contributed by atoms with van der Waals surface area (Å²) >= 11 is 0. The third kappa shape index (κ3) is 3.22. The van der Waals surface area contributed by atoms with E-state index in [4.69, 9.17) is 0 Å². The minimum atomic E-state index is 0.812. The van der Waals surface area contributed by atoms with Gasteiger partial charge in [-0.25, -0.2) is 0 Å². The molecule has 0 unspecified atom stereocenters. The van der Waals surface area contributed by atoms with Crippen LogP contribution in [0.3, 0.4) is 0 Å². The standard InChI is InChI=1S/C18H22/c1-5-15(7-6-13(2)3)17-10-14(4)11-18(12-17)16-8-9-16/h5-7,10-12,16H,2,8-9H2,1,3-4H3/b7-6-,15-5+. The molecule has 2 rings (SSSR count). The van der Waals surface area contributed by atoms with E-state index >= 15 is 0 Å².